The van der Waals surface area contributed by atoms with Crippen molar-refractivity contribution in [1.82, 2.24) is 15.1 Å². The molecule has 3 fully saturated rings. The molecule has 3 aliphatic rings. The van der Waals surface area contributed by atoms with Gasteiger partial charge in [-0.05, 0) is 36.8 Å². The third-order valence-electron chi connectivity index (χ3n) is 5.60. The molecular formula is C19H26ClN3O2S. The molecule has 0 aliphatic carbocycles. The SMILES string of the molecule is Cl.O=C(CSc1ccccc1C(=O)N1C[C@H]2CNC[C@H]2C1)N1CCCC1. The first-order chi connectivity index (χ1) is 12.2. The lowest BCUT2D eigenvalue weighted by Gasteiger charge is -2.20. The number of amides is 2. The summed E-state index contributed by atoms with van der Waals surface area (Å²) in [5.74, 6) is 1.91. The maximum Gasteiger partial charge on any atom is 0.255 e. The Morgan fingerprint density at radius 1 is 1.04 bits per heavy atom. The van der Waals surface area contributed by atoms with Crippen molar-refractivity contribution in [3.8, 4) is 0 Å². The fourth-order valence-corrected chi connectivity index (χ4v) is 5.11. The maximum atomic E-state index is 13.0. The van der Waals surface area contributed by atoms with Crippen molar-refractivity contribution in [1.29, 1.82) is 0 Å². The van der Waals surface area contributed by atoms with Gasteiger partial charge >= 0.3 is 0 Å². The quantitative estimate of drug-likeness (QED) is 0.793. The van der Waals surface area contributed by atoms with Crippen LogP contribution in [0.4, 0.5) is 0 Å². The number of hydrogen-bond donors (Lipinski definition) is 1. The molecule has 0 aromatic heterocycles. The molecule has 5 nitrogen and oxygen atoms in total. The van der Waals surface area contributed by atoms with E-state index in [0.717, 1.165) is 62.6 Å². The van der Waals surface area contributed by atoms with Gasteiger partial charge in [0.1, 0.15) is 0 Å². The lowest BCUT2D eigenvalue weighted by molar-refractivity contribution is -0.127. The first-order valence-corrected chi connectivity index (χ1v) is 10.2. The molecule has 4 rings (SSSR count). The van der Waals surface area contributed by atoms with Gasteiger partial charge in [-0.3, -0.25) is 9.59 Å². The van der Waals surface area contributed by atoms with Crippen LogP contribution < -0.4 is 5.32 Å². The Kier molecular flexibility index (Phi) is 6.48. The molecule has 0 radical (unpaired) electrons. The largest absolute Gasteiger partial charge is 0.342 e. The van der Waals surface area contributed by atoms with Gasteiger partial charge in [-0.15, -0.1) is 24.2 Å². The minimum atomic E-state index is 0. The van der Waals surface area contributed by atoms with Crippen molar-refractivity contribution in [3.05, 3.63) is 29.8 Å². The van der Waals surface area contributed by atoms with E-state index in [-0.39, 0.29) is 24.2 Å². The van der Waals surface area contributed by atoms with E-state index in [0.29, 0.717) is 17.6 Å². The highest BCUT2D eigenvalue weighted by molar-refractivity contribution is 8.00. The van der Waals surface area contributed by atoms with E-state index in [2.05, 4.69) is 5.32 Å². The van der Waals surface area contributed by atoms with Crippen molar-refractivity contribution >= 4 is 36.0 Å². The molecule has 1 N–H and O–H groups in total. The molecule has 26 heavy (non-hydrogen) atoms. The number of benzene rings is 1. The molecule has 1 aromatic carbocycles. The second kappa shape index (κ2) is 8.63. The van der Waals surface area contributed by atoms with Gasteiger partial charge in [0.2, 0.25) is 5.91 Å². The summed E-state index contributed by atoms with van der Waals surface area (Å²) >= 11 is 1.50. The molecule has 2 amide bonds. The summed E-state index contributed by atoms with van der Waals surface area (Å²) in [5.41, 5.74) is 0.745. The number of rotatable bonds is 4. The molecular weight excluding hydrogens is 370 g/mol. The van der Waals surface area contributed by atoms with Crippen LogP contribution in [0.5, 0.6) is 0 Å². The van der Waals surface area contributed by atoms with Crippen LogP contribution in [-0.2, 0) is 4.79 Å². The Morgan fingerprint density at radius 2 is 1.69 bits per heavy atom. The van der Waals surface area contributed by atoms with Crippen molar-refractivity contribution in [2.24, 2.45) is 11.8 Å². The summed E-state index contributed by atoms with van der Waals surface area (Å²) in [6, 6.07) is 7.73. The van der Waals surface area contributed by atoms with Crippen LogP contribution in [0.15, 0.2) is 29.2 Å². The van der Waals surface area contributed by atoms with Gasteiger partial charge in [0.15, 0.2) is 0 Å². The Bertz CT molecular complexity index is 654. The van der Waals surface area contributed by atoms with Crippen molar-refractivity contribution in [3.63, 3.8) is 0 Å². The lowest BCUT2D eigenvalue weighted by atomic mass is 10.0. The molecule has 1 aromatic rings. The first kappa shape index (κ1) is 19.5. The minimum Gasteiger partial charge on any atom is -0.342 e. The zero-order chi connectivity index (χ0) is 17.2. The zero-order valence-corrected chi connectivity index (χ0v) is 16.5. The van der Waals surface area contributed by atoms with E-state index in [9.17, 15) is 9.59 Å². The van der Waals surface area contributed by atoms with Crippen molar-refractivity contribution in [2.75, 3.05) is 45.0 Å². The molecule has 7 heteroatoms. The smallest absolute Gasteiger partial charge is 0.255 e. The highest BCUT2D eigenvalue weighted by Gasteiger charge is 2.38. The molecule has 3 heterocycles. The Labute approximate surface area is 165 Å². The average Bonchev–Trinajstić information content (AvgIpc) is 3.35. The maximum absolute atomic E-state index is 13.0. The number of carbonyl (C=O) groups is 2. The van der Waals surface area contributed by atoms with E-state index in [1.807, 2.05) is 34.1 Å². The number of hydrogen-bond acceptors (Lipinski definition) is 4. The van der Waals surface area contributed by atoms with E-state index in [4.69, 9.17) is 0 Å². The second-order valence-corrected chi connectivity index (χ2v) is 8.28. The number of carbonyl (C=O) groups excluding carboxylic acids is 2. The van der Waals surface area contributed by atoms with Gasteiger partial charge < -0.3 is 15.1 Å². The minimum absolute atomic E-state index is 0. The van der Waals surface area contributed by atoms with E-state index in [1.165, 1.54) is 11.8 Å². The van der Waals surface area contributed by atoms with Gasteiger partial charge in [-0.2, -0.15) is 0 Å². The molecule has 0 bridgehead atoms. The number of nitrogens with zero attached hydrogens (tertiary/aromatic N) is 2. The number of fused-ring (bicyclic) bond motifs is 1. The highest BCUT2D eigenvalue weighted by Crippen LogP contribution is 2.30. The number of nitrogens with one attached hydrogen (secondary N) is 1. The normalized spacial score (nSPS) is 24.5. The van der Waals surface area contributed by atoms with Crippen LogP contribution in [0, 0.1) is 11.8 Å². The van der Waals surface area contributed by atoms with E-state index < -0.39 is 0 Å². The van der Waals surface area contributed by atoms with Crippen LogP contribution in [0.1, 0.15) is 23.2 Å². The van der Waals surface area contributed by atoms with Gasteiger partial charge in [-0.1, -0.05) is 12.1 Å². The third-order valence-corrected chi connectivity index (χ3v) is 6.66. The van der Waals surface area contributed by atoms with Crippen LogP contribution in [0.2, 0.25) is 0 Å². The van der Waals surface area contributed by atoms with Gasteiger partial charge in [0.05, 0.1) is 11.3 Å². The molecule has 0 spiro atoms. The van der Waals surface area contributed by atoms with E-state index >= 15 is 0 Å². The summed E-state index contributed by atoms with van der Waals surface area (Å²) in [6.07, 6.45) is 2.22. The van der Waals surface area contributed by atoms with Crippen LogP contribution >= 0.6 is 24.2 Å². The molecule has 0 unspecified atom stereocenters. The Hall–Kier alpha value is -1.24. The van der Waals surface area contributed by atoms with Crippen LogP contribution in [0.3, 0.4) is 0 Å². The van der Waals surface area contributed by atoms with Gasteiger partial charge in [0.25, 0.3) is 5.91 Å². The predicted octanol–water partition coefficient (Wildman–Crippen LogP) is 2.11. The van der Waals surface area contributed by atoms with Gasteiger partial charge in [0, 0.05) is 44.2 Å². The summed E-state index contributed by atoms with van der Waals surface area (Å²) in [6.45, 7) is 5.50. The zero-order valence-electron chi connectivity index (χ0n) is 14.9. The molecule has 142 valence electrons. The lowest BCUT2D eigenvalue weighted by Crippen LogP contribution is -2.32. The molecule has 3 aliphatic heterocycles. The average molecular weight is 396 g/mol. The predicted molar refractivity (Wildman–Crippen MR) is 106 cm³/mol. The van der Waals surface area contributed by atoms with Gasteiger partial charge in [-0.25, -0.2) is 0 Å². The summed E-state index contributed by atoms with van der Waals surface area (Å²) in [4.78, 5) is 30.1. The fourth-order valence-electron chi connectivity index (χ4n) is 4.16. The second-order valence-electron chi connectivity index (χ2n) is 7.26. The summed E-state index contributed by atoms with van der Waals surface area (Å²) in [5, 5.41) is 3.41. The highest BCUT2D eigenvalue weighted by atomic mass is 35.5. The van der Waals surface area contributed by atoms with Crippen LogP contribution in [-0.4, -0.2) is 66.6 Å². The number of thioether (sulfide) groups is 1. The topological polar surface area (TPSA) is 52.7 Å². The summed E-state index contributed by atoms with van der Waals surface area (Å²) in [7, 11) is 0. The van der Waals surface area contributed by atoms with E-state index in [1.54, 1.807) is 0 Å². The molecule has 0 saturated carbocycles. The third kappa shape index (κ3) is 4.02. The van der Waals surface area contributed by atoms with Crippen molar-refractivity contribution < 1.29 is 9.59 Å². The number of halogens is 1. The molecule has 2 atom stereocenters. The monoisotopic (exact) mass is 395 g/mol. The fraction of sp³-hybridized carbons (Fsp3) is 0.579. The summed E-state index contributed by atoms with van der Waals surface area (Å²) < 4.78 is 0. The Balaban J connectivity index is 0.00000196. The van der Waals surface area contributed by atoms with Crippen LogP contribution in [0.25, 0.3) is 0 Å². The van der Waals surface area contributed by atoms with Crippen molar-refractivity contribution in [2.45, 2.75) is 17.7 Å². The first-order valence-electron chi connectivity index (χ1n) is 9.22. The number of likely N-dealkylation sites (tertiary alicyclic amines) is 2. The standard InChI is InChI=1S/C19H25N3O2S.ClH/c23-18(21-7-3-4-8-21)13-25-17-6-2-1-5-16(17)19(24)22-11-14-9-20-10-15(14)12-22;/h1-2,5-6,14-15,20H,3-4,7-13H2;1H/t14-,15+;. The Morgan fingerprint density at radius 3 is 2.38 bits per heavy atom. The molecule has 3 saturated heterocycles.